The lowest BCUT2D eigenvalue weighted by Gasteiger charge is -2.26. The molecule has 226 valence electrons. The average Bonchev–Trinajstić information content (AvgIpc) is 3.72. The van der Waals surface area contributed by atoms with Crippen LogP contribution in [0.2, 0.25) is 0 Å². The molecule has 1 aromatic carbocycles. The van der Waals surface area contributed by atoms with Crippen LogP contribution in [0.3, 0.4) is 0 Å². The van der Waals surface area contributed by atoms with E-state index in [1.807, 2.05) is 48.7 Å². The molecule has 4 aromatic rings. The number of anilines is 1. The molecule has 10 nitrogen and oxygen atoms in total. The fourth-order valence-corrected chi connectivity index (χ4v) is 6.81. The monoisotopic (exact) mass is 640 g/mol. The van der Waals surface area contributed by atoms with Crippen LogP contribution in [-0.2, 0) is 14.3 Å². The minimum atomic E-state index is -0.421. The SMILES string of the molecule is CC1=CC(=O)N(Nc2nc(-c3cccs3)nc3sc(-c4ccc(OCCOCCN5CCNCC5)cc4)c(C)c23)C1=O.Cl. The second-order valence-corrected chi connectivity index (χ2v) is 12.1. The molecule has 5 heterocycles. The number of hydrazine groups is 1. The van der Waals surface area contributed by atoms with Gasteiger partial charge in [-0.1, -0.05) is 6.07 Å². The van der Waals surface area contributed by atoms with Crippen LogP contribution in [0.5, 0.6) is 5.75 Å². The summed E-state index contributed by atoms with van der Waals surface area (Å²) in [5.74, 6) is 0.925. The van der Waals surface area contributed by atoms with E-state index >= 15 is 0 Å². The van der Waals surface area contributed by atoms with Crippen molar-refractivity contribution in [1.82, 2.24) is 25.2 Å². The first-order valence-corrected chi connectivity index (χ1v) is 15.6. The van der Waals surface area contributed by atoms with Crippen LogP contribution in [0.1, 0.15) is 12.5 Å². The van der Waals surface area contributed by atoms with Gasteiger partial charge in [-0.3, -0.25) is 19.9 Å². The number of carbonyl (C=O) groups is 2. The number of thiophene rings is 2. The number of nitrogens with zero attached hydrogens (tertiary/aromatic N) is 4. The Morgan fingerprint density at radius 2 is 1.81 bits per heavy atom. The highest BCUT2D eigenvalue weighted by Crippen LogP contribution is 2.42. The van der Waals surface area contributed by atoms with E-state index in [0.29, 0.717) is 37.0 Å². The van der Waals surface area contributed by atoms with Crippen molar-refractivity contribution in [2.45, 2.75) is 13.8 Å². The van der Waals surface area contributed by atoms with Gasteiger partial charge in [0.05, 0.1) is 23.5 Å². The fraction of sp³-hybridized carbons (Fsp3) is 0.333. The summed E-state index contributed by atoms with van der Waals surface area (Å²) in [6.07, 6.45) is 1.32. The van der Waals surface area contributed by atoms with E-state index in [0.717, 1.165) is 74.6 Å². The summed E-state index contributed by atoms with van der Waals surface area (Å²) in [6.45, 7) is 10.5. The summed E-state index contributed by atoms with van der Waals surface area (Å²) >= 11 is 3.08. The number of nitrogens with one attached hydrogen (secondary N) is 2. The van der Waals surface area contributed by atoms with Crippen LogP contribution >= 0.6 is 35.1 Å². The molecule has 0 bridgehead atoms. The van der Waals surface area contributed by atoms with Crippen molar-refractivity contribution in [3.8, 4) is 26.9 Å². The normalized spacial score (nSPS) is 15.6. The Morgan fingerprint density at radius 3 is 2.51 bits per heavy atom. The molecule has 0 aliphatic carbocycles. The predicted octanol–water partition coefficient (Wildman–Crippen LogP) is 4.76. The number of piperazine rings is 1. The van der Waals surface area contributed by atoms with Gasteiger partial charge in [0.25, 0.3) is 11.8 Å². The average molecular weight is 641 g/mol. The summed E-state index contributed by atoms with van der Waals surface area (Å²) in [5, 5.41) is 7.11. The quantitative estimate of drug-likeness (QED) is 0.177. The van der Waals surface area contributed by atoms with Crippen LogP contribution in [0.4, 0.5) is 5.82 Å². The van der Waals surface area contributed by atoms with E-state index in [1.54, 1.807) is 18.3 Å². The number of aromatic nitrogens is 2. The number of halogens is 1. The van der Waals surface area contributed by atoms with Gasteiger partial charge in [0, 0.05) is 49.3 Å². The lowest BCUT2D eigenvalue weighted by atomic mass is 10.1. The van der Waals surface area contributed by atoms with Crippen LogP contribution in [-0.4, -0.2) is 84.2 Å². The number of aryl methyl sites for hydroxylation is 1. The Hall–Kier alpha value is -3.39. The Kier molecular flexibility index (Phi) is 10.1. The highest BCUT2D eigenvalue weighted by molar-refractivity contribution is 7.22. The Balaban J connectivity index is 0.00000368. The first-order chi connectivity index (χ1) is 20.5. The maximum absolute atomic E-state index is 12.6. The molecule has 1 fully saturated rings. The van der Waals surface area contributed by atoms with Crippen molar-refractivity contribution < 1.29 is 19.1 Å². The van der Waals surface area contributed by atoms with E-state index in [1.165, 1.54) is 17.4 Å². The van der Waals surface area contributed by atoms with Crippen molar-refractivity contribution >= 4 is 62.9 Å². The summed E-state index contributed by atoms with van der Waals surface area (Å²) in [5.41, 5.74) is 5.35. The molecule has 2 aliphatic heterocycles. The molecule has 0 radical (unpaired) electrons. The Morgan fingerprint density at radius 1 is 1.02 bits per heavy atom. The smallest absolute Gasteiger partial charge is 0.275 e. The second kappa shape index (κ2) is 13.9. The van der Waals surface area contributed by atoms with Gasteiger partial charge < -0.3 is 14.8 Å². The predicted molar refractivity (Wildman–Crippen MR) is 173 cm³/mol. The first kappa shape index (κ1) is 31.0. The topological polar surface area (TPSA) is 109 Å². The third-order valence-electron chi connectivity index (χ3n) is 7.22. The van der Waals surface area contributed by atoms with Crippen molar-refractivity contribution in [2.24, 2.45) is 0 Å². The molecular formula is C30H33ClN6O4S2. The molecule has 6 rings (SSSR count). The number of hydrogen-bond donors (Lipinski definition) is 2. The summed E-state index contributed by atoms with van der Waals surface area (Å²) in [4.78, 5) is 39.8. The Bertz CT molecular complexity index is 1620. The summed E-state index contributed by atoms with van der Waals surface area (Å²) < 4.78 is 11.7. The zero-order valence-electron chi connectivity index (χ0n) is 23.9. The van der Waals surface area contributed by atoms with Crippen LogP contribution in [0.25, 0.3) is 31.4 Å². The number of benzene rings is 1. The van der Waals surface area contributed by atoms with Crippen molar-refractivity contribution in [3.63, 3.8) is 0 Å². The van der Waals surface area contributed by atoms with E-state index in [-0.39, 0.29) is 12.4 Å². The van der Waals surface area contributed by atoms with Crippen LogP contribution in [0, 0.1) is 6.92 Å². The number of rotatable bonds is 11. The van der Waals surface area contributed by atoms with Crippen molar-refractivity contribution in [3.05, 3.63) is 59.0 Å². The standard InChI is InChI=1S/C30H32N6O4S2.ClH/c1-19-18-24(37)36(30(19)38)34-28-25-20(2)26(42-29(25)33-27(32-28)23-4-3-17-41-23)21-5-7-22(8-6-21)40-16-15-39-14-13-35-11-9-31-10-12-35;/h3-8,17-18,31H,9-16H2,1-2H3,(H,32,33,34);1H. The molecule has 0 spiro atoms. The molecule has 2 N–H and O–H groups in total. The van der Waals surface area contributed by atoms with Crippen molar-refractivity contribution in [1.29, 1.82) is 0 Å². The minimum Gasteiger partial charge on any atom is -0.491 e. The maximum atomic E-state index is 12.6. The summed E-state index contributed by atoms with van der Waals surface area (Å²) in [6, 6.07) is 11.9. The van der Waals surface area contributed by atoms with Crippen molar-refractivity contribution in [2.75, 3.05) is 58.0 Å². The lowest BCUT2D eigenvalue weighted by molar-refractivity contribution is -0.135. The van der Waals surface area contributed by atoms with E-state index in [9.17, 15) is 9.59 Å². The zero-order chi connectivity index (χ0) is 29.1. The molecule has 0 unspecified atom stereocenters. The Labute approximate surface area is 264 Å². The lowest BCUT2D eigenvalue weighted by Crippen LogP contribution is -2.44. The molecule has 0 saturated carbocycles. The van der Waals surface area contributed by atoms with Gasteiger partial charge in [0.2, 0.25) is 0 Å². The molecule has 13 heteroatoms. The third kappa shape index (κ3) is 6.90. The van der Waals surface area contributed by atoms with Crippen LogP contribution in [0.15, 0.2) is 53.4 Å². The largest absolute Gasteiger partial charge is 0.491 e. The molecule has 2 aliphatic rings. The van der Waals surface area contributed by atoms with Gasteiger partial charge in [0.1, 0.15) is 17.2 Å². The molecule has 2 amide bonds. The molecule has 1 saturated heterocycles. The highest BCUT2D eigenvalue weighted by Gasteiger charge is 2.30. The third-order valence-corrected chi connectivity index (χ3v) is 9.33. The molecule has 3 aromatic heterocycles. The number of carbonyl (C=O) groups excluding carboxylic acids is 2. The zero-order valence-corrected chi connectivity index (χ0v) is 26.4. The molecule has 0 atom stereocenters. The number of imide groups is 1. The first-order valence-electron chi connectivity index (χ1n) is 13.9. The van der Waals surface area contributed by atoms with Gasteiger partial charge in [-0.25, -0.2) is 9.97 Å². The minimum absolute atomic E-state index is 0. The van der Waals surface area contributed by atoms with Gasteiger partial charge in [-0.15, -0.1) is 35.1 Å². The summed E-state index contributed by atoms with van der Waals surface area (Å²) in [7, 11) is 0. The fourth-order valence-electron chi connectivity index (χ4n) is 4.96. The van der Waals surface area contributed by atoms with Crippen LogP contribution < -0.4 is 15.5 Å². The van der Waals surface area contributed by atoms with Gasteiger partial charge in [-0.05, 0) is 60.7 Å². The number of hydrogen-bond acceptors (Lipinski definition) is 11. The number of ether oxygens (including phenoxy) is 2. The highest BCUT2D eigenvalue weighted by atomic mass is 35.5. The second-order valence-electron chi connectivity index (χ2n) is 10.1. The van der Waals surface area contributed by atoms with E-state index in [4.69, 9.17) is 19.4 Å². The number of fused-ring (bicyclic) bond motifs is 1. The van der Waals surface area contributed by atoms with Gasteiger partial charge >= 0.3 is 0 Å². The van der Waals surface area contributed by atoms with Gasteiger partial charge in [0.15, 0.2) is 11.6 Å². The molecule has 43 heavy (non-hydrogen) atoms. The maximum Gasteiger partial charge on any atom is 0.275 e. The molecular weight excluding hydrogens is 608 g/mol. The van der Waals surface area contributed by atoms with Gasteiger partial charge in [-0.2, -0.15) is 5.01 Å². The van der Waals surface area contributed by atoms with E-state index < -0.39 is 11.8 Å². The van der Waals surface area contributed by atoms with E-state index in [2.05, 4.69) is 15.6 Å². The number of amides is 2.